The van der Waals surface area contributed by atoms with E-state index in [1.807, 2.05) is 54.7 Å². The quantitative estimate of drug-likeness (QED) is 0.361. The van der Waals surface area contributed by atoms with E-state index in [-0.39, 0.29) is 12.3 Å². The van der Waals surface area contributed by atoms with Gasteiger partial charge in [0.15, 0.2) is 12.2 Å². The summed E-state index contributed by atoms with van der Waals surface area (Å²) in [7, 11) is 0. The smallest absolute Gasteiger partial charge is 0.287 e. The van der Waals surface area contributed by atoms with Crippen LogP contribution in [0, 0.1) is 0 Å². The van der Waals surface area contributed by atoms with Crippen LogP contribution in [0.15, 0.2) is 89.8 Å². The largest absolute Gasteiger partial charge is 0.290 e. The molecule has 4 heteroatoms. The van der Waals surface area contributed by atoms with Crippen LogP contribution in [0.4, 0.5) is 0 Å². The molecule has 26 heavy (non-hydrogen) atoms. The van der Waals surface area contributed by atoms with Crippen LogP contribution in [0.2, 0.25) is 0 Å². The van der Waals surface area contributed by atoms with Crippen LogP contribution in [0.1, 0.15) is 10.4 Å². The van der Waals surface area contributed by atoms with E-state index < -0.39 is 0 Å². The number of carbonyl (C=O) groups excluding carboxylic acids is 1. The SMILES string of the molecule is O=C(C[n+]1ccc(-c2cccc3ccccc23)nc1)c1ccc(Br)cc1. The van der Waals surface area contributed by atoms with Crippen molar-refractivity contribution >= 4 is 32.5 Å². The number of rotatable bonds is 4. The zero-order chi connectivity index (χ0) is 17.9. The van der Waals surface area contributed by atoms with Gasteiger partial charge >= 0.3 is 0 Å². The number of Topliss-reactive ketones (excluding diaryl/α,β-unsaturated/α-hetero) is 1. The Morgan fingerprint density at radius 3 is 2.46 bits per heavy atom. The lowest BCUT2D eigenvalue weighted by Crippen LogP contribution is -2.37. The zero-order valence-electron chi connectivity index (χ0n) is 14.0. The molecule has 0 fully saturated rings. The molecule has 0 aliphatic carbocycles. The molecular weight excluding hydrogens is 388 g/mol. The van der Waals surface area contributed by atoms with Gasteiger partial charge < -0.3 is 0 Å². The maximum Gasteiger partial charge on any atom is 0.287 e. The highest BCUT2D eigenvalue weighted by Gasteiger charge is 2.13. The highest BCUT2D eigenvalue weighted by atomic mass is 79.9. The molecule has 0 aliphatic rings. The van der Waals surface area contributed by atoms with Crippen molar-refractivity contribution in [3.05, 3.63) is 95.4 Å². The molecular formula is C22H16BrN2O+. The van der Waals surface area contributed by atoms with Crippen LogP contribution in [-0.2, 0) is 6.54 Å². The fraction of sp³-hybridized carbons (Fsp3) is 0.0455. The number of nitrogens with zero attached hydrogens (tertiary/aromatic N) is 2. The van der Waals surface area contributed by atoms with Crippen molar-refractivity contribution in [3.63, 3.8) is 0 Å². The molecule has 0 atom stereocenters. The first-order valence-corrected chi connectivity index (χ1v) is 9.12. The molecule has 1 heterocycles. The van der Waals surface area contributed by atoms with E-state index >= 15 is 0 Å². The Hall–Kier alpha value is -2.85. The van der Waals surface area contributed by atoms with Crippen LogP contribution >= 0.6 is 15.9 Å². The molecule has 0 aliphatic heterocycles. The molecule has 3 aromatic carbocycles. The molecule has 3 nitrogen and oxygen atoms in total. The average Bonchev–Trinajstić information content (AvgIpc) is 2.69. The van der Waals surface area contributed by atoms with Crippen molar-refractivity contribution in [3.8, 4) is 11.3 Å². The van der Waals surface area contributed by atoms with Crippen LogP contribution in [0.5, 0.6) is 0 Å². The van der Waals surface area contributed by atoms with Crippen molar-refractivity contribution in [1.29, 1.82) is 0 Å². The highest BCUT2D eigenvalue weighted by molar-refractivity contribution is 9.10. The lowest BCUT2D eigenvalue weighted by molar-refractivity contribution is -0.686. The van der Waals surface area contributed by atoms with Gasteiger partial charge in [-0.2, -0.15) is 0 Å². The van der Waals surface area contributed by atoms with Gasteiger partial charge in [-0.15, -0.1) is 0 Å². The lowest BCUT2D eigenvalue weighted by atomic mass is 10.0. The third kappa shape index (κ3) is 3.41. The van der Waals surface area contributed by atoms with Crippen molar-refractivity contribution in [2.24, 2.45) is 0 Å². The number of benzene rings is 3. The summed E-state index contributed by atoms with van der Waals surface area (Å²) in [6, 6.07) is 23.8. The number of aromatic nitrogens is 2. The van der Waals surface area contributed by atoms with Crippen molar-refractivity contribution in [1.82, 2.24) is 4.98 Å². The second-order valence-electron chi connectivity index (χ2n) is 6.07. The highest BCUT2D eigenvalue weighted by Crippen LogP contribution is 2.26. The Bertz CT molecular complexity index is 1070. The monoisotopic (exact) mass is 403 g/mol. The average molecular weight is 404 g/mol. The molecule has 0 radical (unpaired) electrons. The van der Waals surface area contributed by atoms with E-state index in [1.165, 1.54) is 10.8 Å². The third-order valence-corrected chi connectivity index (χ3v) is 4.86. The van der Waals surface area contributed by atoms with Crippen molar-refractivity contribution in [2.45, 2.75) is 6.54 Å². The molecule has 0 amide bonds. The predicted octanol–water partition coefficient (Wildman–Crippen LogP) is 4.83. The minimum Gasteiger partial charge on any atom is -0.290 e. The summed E-state index contributed by atoms with van der Waals surface area (Å²) in [4.78, 5) is 17.0. The number of hydrogen-bond donors (Lipinski definition) is 0. The van der Waals surface area contributed by atoms with E-state index in [0.29, 0.717) is 5.56 Å². The Labute approximate surface area is 160 Å². The molecule has 4 rings (SSSR count). The van der Waals surface area contributed by atoms with Gasteiger partial charge in [0, 0.05) is 21.7 Å². The maximum absolute atomic E-state index is 12.4. The molecule has 4 aromatic rings. The minimum atomic E-state index is 0.0576. The Morgan fingerprint density at radius 1 is 0.923 bits per heavy atom. The number of halogens is 1. The second kappa shape index (κ2) is 7.18. The Balaban J connectivity index is 1.58. The summed E-state index contributed by atoms with van der Waals surface area (Å²) in [5.74, 6) is 0.0576. The number of ketones is 1. The molecule has 0 saturated heterocycles. The Morgan fingerprint density at radius 2 is 1.69 bits per heavy atom. The summed E-state index contributed by atoms with van der Waals surface area (Å²) in [6.45, 7) is 0.268. The van der Waals surface area contributed by atoms with Gasteiger partial charge in [-0.1, -0.05) is 64.5 Å². The summed E-state index contributed by atoms with van der Waals surface area (Å²) >= 11 is 3.38. The fourth-order valence-corrected chi connectivity index (χ4v) is 3.24. The number of hydrogen-bond acceptors (Lipinski definition) is 2. The number of fused-ring (bicyclic) bond motifs is 1. The summed E-state index contributed by atoms with van der Waals surface area (Å²) < 4.78 is 2.77. The van der Waals surface area contributed by atoms with Gasteiger partial charge in [0.25, 0.3) is 6.33 Å². The van der Waals surface area contributed by atoms with Gasteiger partial charge in [-0.05, 0) is 34.0 Å². The van der Waals surface area contributed by atoms with E-state index in [1.54, 1.807) is 10.9 Å². The van der Waals surface area contributed by atoms with Gasteiger partial charge in [0.1, 0.15) is 0 Å². The molecule has 0 unspecified atom stereocenters. The normalized spacial score (nSPS) is 10.8. The van der Waals surface area contributed by atoms with Crippen LogP contribution < -0.4 is 4.57 Å². The van der Waals surface area contributed by atoms with Crippen LogP contribution in [0.25, 0.3) is 22.0 Å². The topological polar surface area (TPSA) is 33.8 Å². The van der Waals surface area contributed by atoms with Crippen LogP contribution in [-0.4, -0.2) is 10.8 Å². The third-order valence-electron chi connectivity index (χ3n) is 4.33. The maximum atomic E-state index is 12.4. The molecule has 0 bridgehead atoms. The zero-order valence-corrected chi connectivity index (χ0v) is 15.6. The fourth-order valence-electron chi connectivity index (χ4n) is 2.98. The van der Waals surface area contributed by atoms with Crippen molar-refractivity contribution < 1.29 is 9.36 Å². The van der Waals surface area contributed by atoms with Gasteiger partial charge in [-0.3, -0.25) is 4.79 Å². The molecule has 0 spiro atoms. The molecule has 1 aromatic heterocycles. The van der Waals surface area contributed by atoms with Crippen LogP contribution in [0.3, 0.4) is 0 Å². The van der Waals surface area contributed by atoms with Gasteiger partial charge in [-0.25, -0.2) is 4.57 Å². The summed E-state index contributed by atoms with van der Waals surface area (Å²) in [5, 5.41) is 2.36. The minimum absolute atomic E-state index is 0.0576. The summed E-state index contributed by atoms with van der Waals surface area (Å²) in [6.07, 6.45) is 3.62. The van der Waals surface area contributed by atoms with E-state index in [9.17, 15) is 4.79 Å². The first kappa shape index (κ1) is 16.6. The molecule has 0 saturated carbocycles. The van der Waals surface area contributed by atoms with Gasteiger partial charge in [0.05, 0.1) is 6.20 Å². The Kier molecular flexibility index (Phi) is 4.59. The standard InChI is InChI=1S/C22H16BrN2O/c23-18-10-8-17(9-11-18)22(26)14-25-13-12-21(24-15-25)20-7-3-5-16-4-1-2-6-19(16)20/h1-13,15H,14H2/q+1. The molecule has 126 valence electrons. The first-order chi connectivity index (χ1) is 12.7. The van der Waals surface area contributed by atoms with Gasteiger partial charge in [0.2, 0.25) is 5.78 Å². The predicted molar refractivity (Wildman–Crippen MR) is 106 cm³/mol. The van der Waals surface area contributed by atoms with E-state index in [4.69, 9.17) is 0 Å². The number of carbonyl (C=O) groups is 1. The van der Waals surface area contributed by atoms with E-state index in [2.05, 4.69) is 45.2 Å². The lowest BCUT2D eigenvalue weighted by Gasteiger charge is -2.04. The molecule has 0 N–H and O–H groups in total. The summed E-state index contributed by atoms with van der Waals surface area (Å²) in [5.41, 5.74) is 2.68. The van der Waals surface area contributed by atoms with E-state index in [0.717, 1.165) is 15.7 Å². The first-order valence-electron chi connectivity index (χ1n) is 8.33. The second-order valence-corrected chi connectivity index (χ2v) is 6.99. The van der Waals surface area contributed by atoms with Crippen molar-refractivity contribution in [2.75, 3.05) is 0 Å².